The first kappa shape index (κ1) is 17.7. The fourth-order valence-corrected chi connectivity index (χ4v) is 5.32. The molecule has 1 saturated carbocycles. The van der Waals surface area contributed by atoms with Gasteiger partial charge in [-0.2, -0.15) is 4.31 Å². The Labute approximate surface area is 139 Å². The number of benzene rings is 1. The molecule has 0 radical (unpaired) electrons. The van der Waals surface area contributed by atoms with Crippen LogP contribution < -0.4 is 5.73 Å². The molecule has 0 spiro atoms. The minimum absolute atomic E-state index is 0. The number of hydrogen-bond donors (Lipinski definition) is 1. The summed E-state index contributed by atoms with van der Waals surface area (Å²) in [5.74, 6) is 0.773. The van der Waals surface area contributed by atoms with Crippen LogP contribution in [-0.4, -0.2) is 31.9 Å². The van der Waals surface area contributed by atoms with Gasteiger partial charge in [0.15, 0.2) is 0 Å². The summed E-state index contributed by atoms with van der Waals surface area (Å²) < 4.78 is 27.3. The first-order valence-corrected chi connectivity index (χ1v) is 9.16. The van der Waals surface area contributed by atoms with E-state index in [2.05, 4.69) is 0 Å². The highest BCUT2D eigenvalue weighted by Crippen LogP contribution is 2.37. The zero-order valence-corrected chi connectivity index (χ0v) is 14.8. The maximum Gasteiger partial charge on any atom is 0.243 e. The number of sulfonamides is 1. The van der Waals surface area contributed by atoms with Crippen LogP contribution in [0.1, 0.15) is 30.4 Å². The molecule has 2 aliphatic rings. The molecule has 2 fully saturated rings. The summed E-state index contributed by atoms with van der Waals surface area (Å²) in [5.41, 5.74) is 8.32. The van der Waals surface area contributed by atoms with Gasteiger partial charge in [0.1, 0.15) is 0 Å². The third-order valence-electron chi connectivity index (χ3n) is 5.24. The number of hydrogen-bond acceptors (Lipinski definition) is 3. The second-order valence-corrected chi connectivity index (χ2v) is 8.52. The van der Waals surface area contributed by atoms with Gasteiger partial charge in [-0.3, -0.25) is 0 Å². The molecular weight excluding hydrogens is 320 g/mol. The molecule has 2 N–H and O–H groups in total. The monoisotopic (exact) mass is 344 g/mol. The third kappa shape index (κ3) is 3.04. The summed E-state index contributed by atoms with van der Waals surface area (Å²) in [7, 11) is -3.38. The van der Waals surface area contributed by atoms with E-state index < -0.39 is 10.0 Å². The summed E-state index contributed by atoms with van der Waals surface area (Å²) >= 11 is 0. The van der Waals surface area contributed by atoms with E-state index in [0.29, 0.717) is 29.8 Å². The highest BCUT2D eigenvalue weighted by atomic mass is 35.5. The molecule has 124 valence electrons. The zero-order valence-electron chi connectivity index (χ0n) is 13.2. The van der Waals surface area contributed by atoms with Gasteiger partial charge in [0, 0.05) is 19.1 Å². The van der Waals surface area contributed by atoms with Crippen molar-refractivity contribution in [3.05, 3.63) is 29.3 Å². The first-order valence-electron chi connectivity index (χ1n) is 7.72. The van der Waals surface area contributed by atoms with Gasteiger partial charge in [0.25, 0.3) is 0 Å². The van der Waals surface area contributed by atoms with Crippen LogP contribution in [0.3, 0.4) is 0 Å². The molecule has 0 aromatic heterocycles. The fourth-order valence-electron chi connectivity index (χ4n) is 3.70. The molecule has 4 nitrogen and oxygen atoms in total. The lowest BCUT2D eigenvalue weighted by atomic mass is 9.78. The molecule has 1 aromatic carbocycles. The molecule has 1 saturated heterocycles. The molecule has 3 unspecified atom stereocenters. The average Bonchev–Trinajstić information content (AvgIpc) is 2.88. The molecule has 0 bridgehead atoms. The van der Waals surface area contributed by atoms with Crippen molar-refractivity contribution in [1.82, 2.24) is 4.31 Å². The Hall–Kier alpha value is -0.620. The molecule has 1 heterocycles. The Morgan fingerprint density at radius 1 is 1.14 bits per heavy atom. The Kier molecular flexibility index (Phi) is 5.22. The first-order chi connectivity index (χ1) is 9.89. The van der Waals surface area contributed by atoms with Gasteiger partial charge in [-0.25, -0.2) is 8.42 Å². The van der Waals surface area contributed by atoms with Crippen molar-refractivity contribution < 1.29 is 8.42 Å². The lowest BCUT2D eigenvalue weighted by Gasteiger charge is -2.29. The van der Waals surface area contributed by atoms with Crippen LogP contribution in [0.2, 0.25) is 0 Å². The van der Waals surface area contributed by atoms with Gasteiger partial charge in [0.05, 0.1) is 4.90 Å². The van der Waals surface area contributed by atoms with Crippen LogP contribution in [0.25, 0.3) is 0 Å². The van der Waals surface area contributed by atoms with Gasteiger partial charge in [-0.15, -0.1) is 12.4 Å². The molecule has 0 amide bonds. The molecule has 3 atom stereocenters. The van der Waals surface area contributed by atoms with E-state index in [1.165, 1.54) is 0 Å². The molecule has 1 aromatic rings. The van der Waals surface area contributed by atoms with Gasteiger partial charge in [-0.05, 0) is 61.8 Å². The second-order valence-electron chi connectivity index (χ2n) is 6.59. The van der Waals surface area contributed by atoms with E-state index in [1.807, 2.05) is 19.9 Å². The van der Waals surface area contributed by atoms with Crippen LogP contribution in [0.5, 0.6) is 0 Å². The number of halogens is 1. The number of rotatable bonds is 2. The Morgan fingerprint density at radius 2 is 1.86 bits per heavy atom. The van der Waals surface area contributed by atoms with Crippen LogP contribution in [0.4, 0.5) is 0 Å². The summed E-state index contributed by atoms with van der Waals surface area (Å²) in [6.45, 7) is 5.16. The second kappa shape index (κ2) is 6.48. The molecule has 1 aliphatic carbocycles. The minimum atomic E-state index is -3.38. The lowest BCUT2D eigenvalue weighted by Crippen LogP contribution is -2.38. The number of nitrogens with two attached hydrogens (primary N) is 1. The van der Waals surface area contributed by atoms with Crippen molar-refractivity contribution in [3.63, 3.8) is 0 Å². The van der Waals surface area contributed by atoms with Crippen LogP contribution in [0.15, 0.2) is 23.1 Å². The number of nitrogens with zero attached hydrogens (tertiary/aromatic N) is 1. The molecule has 6 heteroatoms. The predicted octanol–water partition coefficient (Wildman–Crippen LogP) is 2.47. The summed E-state index contributed by atoms with van der Waals surface area (Å²) in [6.07, 6.45) is 3.26. The Morgan fingerprint density at radius 3 is 2.50 bits per heavy atom. The van der Waals surface area contributed by atoms with Crippen molar-refractivity contribution >= 4 is 22.4 Å². The van der Waals surface area contributed by atoms with E-state index in [-0.39, 0.29) is 18.4 Å². The van der Waals surface area contributed by atoms with E-state index in [1.54, 1.807) is 16.4 Å². The van der Waals surface area contributed by atoms with Crippen molar-refractivity contribution in [1.29, 1.82) is 0 Å². The van der Waals surface area contributed by atoms with E-state index in [4.69, 9.17) is 5.73 Å². The van der Waals surface area contributed by atoms with Crippen LogP contribution >= 0.6 is 12.4 Å². The largest absolute Gasteiger partial charge is 0.327 e. The molecule has 22 heavy (non-hydrogen) atoms. The average molecular weight is 345 g/mol. The minimum Gasteiger partial charge on any atom is -0.327 e. The zero-order chi connectivity index (χ0) is 15.2. The summed E-state index contributed by atoms with van der Waals surface area (Å²) in [4.78, 5) is 0.415. The van der Waals surface area contributed by atoms with Gasteiger partial charge >= 0.3 is 0 Å². The van der Waals surface area contributed by atoms with E-state index in [0.717, 1.165) is 30.4 Å². The third-order valence-corrected chi connectivity index (χ3v) is 7.06. The van der Waals surface area contributed by atoms with Crippen molar-refractivity contribution in [2.24, 2.45) is 17.6 Å². The number of fused-ring (bicyclic) bond motifs is 1. The summed E-state index contributed by atoms with van der Waals surface area (Å²) in [5, 5.41) is 0. The van der Waals surface area contributed by atoms with Gasteiger partial charge in [0.2, 0.25) is 10.0 Å². The van der Waals surface area contributed by atoms with Crippen molar-refractivity contribution in [3.8, 4) is 0 Å². The maximum absolute atomic E-state index is 12.8. The van der Waals surface area contributed by atoms with Crippen LogP contribution in [0, 0.1) is 25.7 Å². The molecule has 1 aliphatic heterocycles. The van der Waals surface area contributed by atoms with Gasteiger partial charge in [-0.1, -0.05) is 12.5 Å². The SMILES string of the molecule is Cc1ccc(S(=O)(=O)N2CC3CCCC(N)C3C2)cc1C.Cl. The highest BCUT2D eigenvalue weighted by Gasteiger charge is 2.43. The normalized spacial score (nSPS) is 29.0. The molecule has 3 rings (SSSR count). The Bertz CT molecular complexity index is 648. The fraction of sp³-hybridized carbons (Fsp3) is 0.625. The smallest absolute Gasteiger partial charge is 0.243 e. The maximum atomic E-state index is 12.8. The Balaban J connectivity index is 0.00000176. The van der Waals surface area contributed by atoms with Crippen molar-refractivity contribution in [2.45, 2.75) is 44.0 Å². The quantitative estimate of drug-likeness (QED) is 0.896. The van der Waals surface area contributed by atoms with Gasteiger partial charge < -0.3 is 5.73 Å². The lowest BCUT2D eigenvalue weighted by molar-refractivity contribution is 0.260. The van der Waals surface area contributed by atoms with E-state index in [9.17, 15) is 8.42 Å². The summed E-state index contributed by atoms with van der Waals surface area (Å²) in [6, 6.07) is 5.55. The van der Waals surface area contributed by atoms with E-state index >= 15 is 0 Å². The highest BCUT2D eigenvalue weighted by molar-refractivity contribution is 7.89. The standard InChI is InChI=1S/C16H24N2O2S.ClH/c1-11-6-7-14(8-12(11)2)21(19,20)18-9-13-4-3-5-16(17)15(13)10-18;/h6-8,13,15-16H,3-5,9-10,17H2,1-2H3;1H. The number of aryl methyl sites for hydroxylation is 2. The van der Waals surface area contributed by atoms with Crippen molar-refractivity contribution in [2.75, 3.05) is 13.1 Å². The topological polar surface area (TPSA) is 63.4 Å². The van der Waals surface area contributed by atoms with Crippen LogP contribution in [-0.2, 0) is 10.0 Å². The molecular formula is C16H25ClN2O2S. The predicted molar refractivity (Wildman–Crippen MR) is 90.7 cm³/mol.